The Balaban J connectivity index is 1.31. The molecule has 0 aliphatic carbocycles. The second-order valence-electron chi connectivity index (χ2n) is 9.03. The zero-order valence-electron chi connectivity index (χ0n) is 18.1. The fourth-order valence-electron chi connectivity index (χ4n) is 5.34. The summed E-state index contributed by atoms with van der Waals surface area (Å²) in [4.78, 5) is 22.2. The van der Waals surface area contributed by atoms with E-state index in [1.165, 1.54) is 17.8 Å². The number of amides is 1. The van der Waals surface area contributed by atoms with Crippen molar-refractivity contribution in [3.8, 4) is 0 Å². The van der Waals surface area contributed by atoms with Crippen LogP contribution in [0.25, 0.3) is 5.65 Å². The normalized spacial score (nSPS) is 22.5. The van der Waals surface area contributed by atoms with E-state index < -0.39 is 0 Å². The Kier molecular flexibility index (Phi) is 5.26. The van der Waals surface area contributed by atoms with Crippen molar-refractivity contribution in [1.82, 2.24) is 19.2 Å². The molecule has 3 aromatic rings. The molecule has 5 rings (SSSR count). The lowest BCUT2D eigenvalue weighted by atomic mass is 9.87. The van der Waals surface area contributed by atoms with Gasteiger partial charge in [0, 0.05) is 43.5 Å². The molecule has 31 heavy (non-hydrogen) atoms. The first-order valence-electron chi connectivity index (χ1n) is 11.2. The summed E-state index contributed by atoms with van der Waals surface area (Å²) in [6, 6.07) is 12.7. The van der Waals surface area contributed by atoms with E-state index in [1.54, 1.807) is 12.1 Å². The Morgan fingerprint density at radius 2 is 1.87 bits per heavy atom. The van der Waals surface area contributed by atoms with Crippen molar-refractivity contribution in [3.05, 3.63) is 71.4 Å². The van der Waals surface area contributed by atoms with Crippen molar-refractivity contribution < 1.29 is 9.18 Å². The molecule has 2 aromatic heterocycles. The van der Waals surface area contributed by atoms with E-state index in [-0.39, 0.29) is 17.3 Å². The van der Waals surface area contributed by atoms with E-state index >= 15 is 0 Å². The third kappa shape index (κ3) is 3.85. The molecule has 0 bridgehead atoms. The monoisotopic (exact) mass is 420 g/mol. The number of likely N-dealkylation sites (tertiary alicyclic amines) is 2. The summed E-state index contributed by atoms with van der Waals surface area (Å²) in [6.07, 6.45) is 6.68. The highest BCUT2D eigenvalue weighted by molar-refractivity contribution is 5.79. The van der Waals surface area contributed by atoms with Crippen LogP contribution in [-0.4, -0.2) is 43.7 Å². The summed E-state index contributed by atoms with van der Waals surface area (Å²) < 4.78 is 15.5. The highest BCUT2D eigenvalue weighted by atomic mass is 19.1. The Bertz CT molecular complexity index is 1090. The molecule has 1 spiro atoms. The second-order valence-corrected chi connectivity index (χ2v) is 9.03. The number of hydrogen-bond acceptors (Lipinski definition) is 3. The van der Waals surface area contributed by atoms with Gasteiger partial charge >= 0.3 is 0 Å². The molecule has 1 aromatic carbocycles. The van der Waals surface area contributed by atoms with Gasteiger partial charge in [-0.3, -0.25) is 9.69 Å². The number of pyridine rings is 1. The van der Waals surface area contributed by atoms with Crippen molar-refractivity contribution in [3.63, 3.8) is 0 Å². The molecule has 2 aliphatic rings. The Morgan fingerprint density at radius 3 is 2.68 bits per heavy atom. The minimum absolute atomic E-state index is 0.0752. The van der Waals surface area contributed by atoms with Crippen LogP contribution < -0.4 is 0 Å². The van der Waals surface area contributed by atoms with Gasteiger partial charge in [0.25, 0.3) is 0 Å². The second kappa shape index (κ2) is 8.08. The zero-order chi connectivity index (χ0) is 21.4. The van der Waals surface area contributed by atoms with Gasteiger partial charge in [-0.15, -0.1) is 0 Å². The van der Waals surface area contributed by atoms with Gasteiger partial charge in [-0.05, 0) is 69.0 Å². The van der Waals surface area contributed by atoms with Gasteiger partial charge in [0.1, 0.15) is 11.5 Å². The molecule has 6 heteroatoms. The van der Waals surface area contributed by atoms with E-state index in [4.69, 9.17) is 4.98 Å². The molecule has 2 aliphatic heterocycles. The van der Waals surface area contributed by atoms with Crippen LogP contribution in [0.2, 0.25) is 0 Å². The Morgan fingerprint density at radius 1 is 1.03 bits per heavy atom. The van der Waals surface area contributed by atoms with Gasteiger partial charge in [0.15, 0.2) is 0 Å². The molecule has 1 unspecified atom stereocenters. The third-order valence-electron chi connectivity index (χ3n) is 7.18. The van der Waals surface area contributed by atoms with E-state index in [2.05, 4.69) is 27.3 Å². The average Bonchev–Trinajstić information content (AvgIpc) is 3.15. The summed E-state index contributed by atoms with van der Waals surface area (Å²) >= 11 is 0. The number of hydrogen-bond donors (Lipinski definition) is 0. The molecule has 162 valence electrons. The lowest BCUT2D eigenvalue weighted by molar-refractivity contribution is -0.132. The van der Waals surface area contributed by atoms with Gasteiger partial charge < -0.3 is 9.30 Å². The molecule has 2 saturated heterocycles. The van der Waals surface area contributed by atoms with E-state index in [1.807, 2.05) is 18.2 Å². The van der Waals surface area contributed by atoms with Crippen molar-refractivity contribution in [2.75, 3.05) is 13.1 Å². The summed E-state index contributed by atoms with van der Waals surface area (Å²) in [6.45, 7) is 5.53. The average molecular weight is 421 g/mol. The number of carbonyl (C=O) groups excluding carboxylic acids is 1. The molecule has 1 amide bonds. The number of aryl methyl sites for hydroxylation is 1. The Labute approximate surface area is 182 Å². The van der Waals surface area contributed by atoms with Crippen LogP contribution in [0, 0.1) is 12.7 Å². The number of benzene rings is 1. The van der Waals surface area contributed by atoms with Crippen LogP contribution in [0.15, 0.2) is 48.7 Å². The van der Waals surface area contributed by atoms with Gasteiger partial charge in [-0.1, -0.05) is 18.2 Å². The molecule has 5 nitrogen and oxygen atoms in total. The number of imidazole rings is 1. The third-order valence-corrected chi connectivity index (χ3v) is 7.18. The first kappa shape index (κ1) is 20.2. The summed E-state index contributed by atoms with van der Waals surface area (Å²) in [5, 5.41) is 0. The van der Waals surface area contributed by atoms with Crippen LogP contribution in [-0.2, 0) is 17.9 Å². The van der Waals surface area contributed by atoms with E-state index in [0.29, 0.717) is 13.0 Å². The van der Waals surface area contributed by atoms with Crippen molar-refractivity contribution in [2.45, 2.75) is 57.7 Å². The van der Waals surface area contributed by atoms with E-state index in [0.717, 1.165) is 62.2 Å². The maximum absolute atomic E-state index is 13.3. The lowest BCUT2D eigenvalue weighted by Gasteiger charge is -2.38. The van der Waals surface area contributed by atoms with Gasteiger partial charge in [-0.25, -0.2) is 9.37 Å². The highest BCUT2D eigenvalue weighted by Crippen LogP contribution is 2.40. The first-order valence-corrected chi connectivity index (χ1v) is 11.2. The Hall–Kier alpha value is -2.73. The number of fused-ring (bicyclic) bond motifs is 1. The first-order chi connectivity index (χ1) is 15.0. The molecular weight excluding hydrogens is 391 g/mol. The molecule has 0 radical (unpaired) electrons. The lowest BCUT2D eigenvalue weighted by Crippen LogP contribution is -2.45. The zero-order valence-corrected chi connectivity index (χ0v) is 18.1. The van der Waals surface area contributed by atoms with Crippen LogP contribution in [0.4, 0.5) is 4.39 Å². The van der Waals surface area contributed by atoms with Crippen LogP contribution >= 0.6 is 0 Å². The highest BCUT2D eigenvalue weighted by Gasteiger charge is 2.45. The van der Waals surface area contributed by atoms with Crippen molar-refractivity contribution in [1.29, 1.82) is 0 Å². The molecular formula is C25H29FN4O. The molecule has 1 atom stereocenters. The quantitative estimate of drug-likeness (QED) is 0.631. The smallest absolute Gasteiger partial charge is 0.223 e. The van der Waals surface area contributed by atoms with Gasteiger partial charge in [0.2, 0.25) is 5.91 Å². The van der Waals surface area contributed by atoms with Gasteiger partial charge in [0.05, 0.1) is 5.69 Å². The van der Waals surface area contributed by atoms with E-state index in [9.17, 15) is 9.18 Å². The minimum atomic E-state index is -0.237. The number of aromatic nitrogens is 2. The number of rotatable bonds is 4. The molecule has 0 N–H and O–H groups in total. The SMILES string of the molecule is Cc1c(CN2CCCC3(CCC(=O)N3Cc3ccc(F)cc3)CC2)nc2ccccn12. The van der Waals surface area contributed by atoms with Crippen LogP contribution in [0.5, 0.6) is 0 Å². The van der Waals surface area contributed by atoms with Gasteiger partial charge in [-0.2, -0.15) is 0 Å². The topological polar surface area (TPSA) is 40.9 Å². The number of nitrogens with zero attached hydrogens (tertiary/aromatic N) is 4. The van der Waals surface area contributed by atoms with Crippen molar-refractivity contribution in [2.24, 2.45) is 0 Å². The molecule has 0 saturated carbocycles. The summed E-state index contributed by atoms with van der Waals surface area (Å²) in [7, 11) is 0. The predicted octanol–water partition coefficient (Wildman–Crippen LogP) is 4.33. The summed E-state index contributed by atoms with van der Waals surface area (Å²) in [5.74, 6) is -0.00692. The van der Waals surface area contributed by atoms with Crippen LogP contribution in [0.3, 0.4) is 0 Å². The predicted molar refractivity (Wildman–Crippen MR) is 118 cm³/mol. The largest absolute Gasteiger partial charge is 0.333 e. The summed E-state index contributed by atoms with van der Waals surface area (Å²) in [5.41, 5.74) is 4.25. The van der Waals surface area contributed by atoms with Crippen LogP contribution in [0.1, 0.15) is 49.1 Å². The van der Waals surface area contributed by atoms with Crippen molar-refractivity contribution >= 4 is 11.6 Å². The molecule has 2 fully saturated rings. The number of carbonyl (C=O) groups is 1. The molecule has 4 heterocycles. The fourth-order valence-corrected chi connectivity index (χ4v) is 5.34. The maximum atomic E-state index is 13.3. The fraction of sp³-hybridized carbons (Fsp3) is 0.440. The standard InChI is InChI=1S/C25H29FN4O/c1-19-22(27-23-5-2-3-15-29(19)23)18-28-14-4-11-25(13-16-28)12-10-24(31)30(25)17-20-6-8-21(26)9-7-20/h2-3,5-9,15H,4,10-14,16-18H2,1H3. The number of halogens is 1. The maximum Gasteiger partial charge on any atom is 0.223 e. The minimum Gasteiger partial charge on any atom is -0.333 e.